The van der Waals surface area contributed by atoms with E-state index in [1.54, 1.807) is 19.4 Å². The number of fused-ring (bicyclic) bond motifs is 1. The van der Waals surface area contributed by atoms with Crippen molar-refractivity contribution in [2.45, 2.75) is 37.7 Å². The second-order valence-electron chi connectivity index (χ2n) is 8.43. The first kappa shape index (κ1) is 20.4. The van der Waals surface area contributed by atoms with Crippen LogP contribution in [0, 0.1) is 6.92 Å². The van der Waals surface area contributed by atoms with Crippen LogP contribution >= 0.6 is 0 Å². The number of aliphatic hydroxyl groups is 1. The number of rotatable bonds is 3. The van der Waals surface area contributed by atoms with Gasteiger partial charge in [0.15, 0.2) is 0 Å². The van der Waals surface area contributed by atoms with Crippen LogP contribution in [0.25, 0.3) is 11.0 Å². The standard InChI is InChI=1S/C21H23AsN6O3/c1-12-8-16(25-18-17(12)23-11-24-19(18)22)28-6-3-4-13(10-28)14-9-15(31-26-14)21(30)5-7-27(2)20(21)29/h8-9,11,13,30H,3-7,10H2,1-2H3. The normalized spacial score (nSPS) is 24.4. The fourth-order valence-corrected chi connectivity index (χ4v) is 4.95. The Hall–Kier alpha value is -2.51. The fraction of sp³-hybridized carbons (Fsp3) is 0.476. The molecule has 3 aromatic heterocycles. The summed E-state index contributed by atoms with van der Waals surface area (Å²) in [7, 11) is 1.68. The summed E-state index contributed by atoms with van der Waals surface area (Å²) in [5, 5.41) is 15.1. The molecule has 1 N–H and O–H groups in total. The van der Waals surface area contributed by atoms with E-state index >= 15 is 0 Å². The van der Waals surface area contributed by atoms with Crippen LogP contribution in [0.4, 0.5) is 5.82 Å². The molecule has 0 aliphatic carbocycles. The Morgan fingerprint density at radius 1 is 1.26 bits per heavy atom. The number of likely N-dealkylation sites (tertiary alicyclic amines) is 1. The summed E-state index contributed by atoms with van der Waals surface area (Å²) >= 11 is 2.46. The van der Waals surface area contributed by atoms with E-state index in [9.17, 15) is 9.90 Å². The third kappa shape index (κ3) is 3.40. The van der Waals surface area contributed by atoms with Crippen molar-refractivity contribution in [3.8, 4) is 0 Å². The van der Waals surface area contributed by atoms with Crippen molar-refractivity contribution in [3.63, 3.8) is 0 Å². The van der Waals surface area contributed by atoms with Gasteiger partial charge >= 0.3 is 165 Å². The molecule has 2 radical (unpaired) electrons. The van der Waals surface area contributed by atoms with Crippen molar-refractivity contribution >= 4 is 44.1 Å². The number of likely N-dealkylation sites (N-methyl/N-ethyl adjacent to an activating group) is 1. The second-order valence-corrected chi connectivity index (χ2v) is 9.32. The number of anilines is 1. The Morgan fingerprint density at radius 2 is 2.10 bits per heavy atom. The molecule has 5 rings (SSSR count). The van der Waals surface area contributed by atoms with Gasteiger partial charge < -0.3 is 4.90 Å². The minimum absolute atomic E-state index is 0.130. The Kier molecular flexibility index (Phi) is 4.98. The summed E-state index contributed by atoms with van der Waals surface area (Å²) in [5.74, 6) is 0.920. The van der Waals surface area contributed by atoms with E-state index in [-0.39, 0.29) is 17.6 Å². The van der Waals surface area contributed by atoms with Crippen molar-refractivity contribution in [3.05, 3.63) is 35.5 Å². The molecular formula is C21H23AsN6O3. The molecular weight excluding hydrogens is 459 g/mol. The molecule has 0 spiro atoms. The van der Waals surface area contributed by atoms with Crippen LogP contribution in [-0.4, -0.2) is 79.6 Å². The van der Waals surface area contributed by atoms with Crippen molar-refractivity contribution < 1.29 is 14.4 Å². The quantitative estimate of drug-likeness (QED) is 0.540. The van der Waals surface area contributed by atoms with E-state index in [0.29, 0.717) is 13.0 Å². The van der Waals surface area contributed by atoms with Crippen molar-refractivity contribution in [2.75, 3.05) is 31.6 Å². The molecule has 0 bridgehead atoms. The van der Waals surface area contributed by atoms with Crippen LogP contribution in [0.2, 0.25) is 0 Å². The summed E-state index contributed by atoms with van der Waals surface area (Å²) in [6, 6.07) is 3.81. The molecule has 2 atom stereocenters. The van der Waals surface area contributed by atoms with Gasteiger partial charge in [-0.3, -0.25) is 4.79 Å². The number of amides is 1. The second kappa shape index (κ2) is 7.57. The molecule has 5 heterocycles. The van der Waals surface area contributed by atoms with Gasteiger partial charge in [0, 0.05) is 13.6 Å². The number of aryl methyl sites for hydroxylation is 1. The molecule has 31 heavy (non-hydrogen) atoms. The van der Waals surface area contributed by atoms with Gasteiger partial charge in [-0.2, -0.15) is 0 Å². The predicted molar refractivity (Wildman–Crippen MR) is 114 cm³/mol. The number of aromatic nitrogens is 4. The monoisotopic (exact) mass is 482 g/mol. The Bertz CT molecular complexity index is 1170. The SMILES string of the molecule is Cc1cc(N2CCCC(c3cc(C4(O)CCN(C)C4=O)on3)C2)nc2c([As])ncnc12. The summed E-state index contributed by atoms with van der Waals surface area (Å²) in [4.78, 5) is 29.6. The van der Waals surface area contributed by atoms with E-state index in [0.717, 1.165) is 58.5 Å². The third-order valence-corrected chi connectivity index (χ3v) is 7.04. The predicted octanol–water partition coefficient (Wildman–Crippen LogP) is 0.549. The molecule has 10 heteroatoms. The van der Waals surface area contributed by atoms with Crippen LogP contribution in [0.15, 0.2) is 23.0 Å². The average Bonchev–Trinajstić information content (AvgIpc) is 3.37. The molecule has 2 aliphatic rings. The number of hydrogen-bond donors (Lipinski definition) is 1. The molecule has 2 saturated heterocycles. The van der Waals surface area contributed by atoms with Crippen LogP contribution < -0.4 is 9.38 Å². The zero-order valence-electron chi connectivity index (χ0n) is 17.4. The average molecular weight is 482 g/mol. The summed E-state index contributed by atoms with van der Waals surface area (Å²) in [5.41, 5.74) is 1.88. The Morgan fingerprint density at radius 3 is 2.87 bits per heavy atom. The van der Waals surface area contributed by atoms with Crippen LogP contribution in [0.5, 0.6) is 0 Å². The number of carbonyl (C=O) groups excluding carboxylic acids is 1. The van der Waals surface area contributed by atoms with Crippen LogP contribution in [0.1, 0.15) is 42.2 Å². The topological polar surface area (TPSA) is 108 Å². The van der Waals surface area contributed by atoms with E-state index in [2.05, 4.69) is 42.9 Å². The molecule has 3 aromatic rings. The molecule has 2 unspecified atom stereocenters. The molecule has 160 valence electrons. The van der Waals surface area contributed by atoms with E-state index < -0.39 is 5.60 Å². The van der Waals surface area contributed by atoms with Gasteiger partial charge in [-0.25, -0.2) is 0 Å². The molecule has 0 aromatic carbocycles. The maximum absolute atomic E-state index is 12.4. The van der Waals surface area contributed by atoms with E-state index in [1.165, 1.54) is 4.90 Å². The van der Waals surface area contributed by atoms with E-state index in [1.807, 2.05) is 6.92 Å². The first-order chi connectivity index (χ1) is 14.9. The molecule has 2 aliphatic heterocycles. The van der Waals surface area contributed by atoms with Crippen molar-refractivity contribution in [1.29, 1.82) is 0 Å². The molecule has 9 nitrogen and oxygen atoms in total. The summed E-state index contributed by atoms with van der Waals surface area (Å²) < 4.78 is 6.26. The van der Waals surface area contributed by atoms with E-state index in [4.69, 9.17) is 9.51 Å². The zero-order chi connectivity index (χ0) is 21.8. The molecule has 1 amide bonds. The van der Waals surface area contributed by atoms with Gasteiger partial charge in [-0.05, 0) is 0 Å². The summed E-state index contributed by atoms with van der Waals surface area (Å²) in [6.07, 6.45) is 3.82. The fourth-order valence-electron chi connectivity index (χ4n) is 4.52. The van der Waals surface area contributed by atoms with Crippen molar-refractivity contribution in [1.82, 2.24) is 25.0 Å². The van der Waals surface area contributed by atoms with Gasteiger partial charge in [0.2, 0.25) is 0 Å². The number of hydrogen-bond acceptors (Lipinski definition) is 8. The Labute approximate surface area is 188 Å². The van der Waals surface area contributed by atoms with Crippen molar-refractivity contribution in [2.24, 2.45) is 0 Å². The van der Waals surface area contributed by atoms with Gasteiger partial charge in [0.25, 0.3) is 0 Å². The van der Waals surface area contributed by atoms with Gasteiger partial charge in [-0.1, -0.05) is 0 Å². The zero-order valence-corrected chi connectivity index (χ0v) is 19.3. The van der Waals surface area contributed by atoms with Crippen LogP contribution in [-0.2, 0) is 10.4 Å². The van der Waals surface area contributed by atoms with Gasteiger partial charge in [0.05, 0.1) is 0 Å². The number of piperidine rings is 1. The third-order valence-electron chi connectivity index (χ3n) is 6.36. The number of nitrogens with zero attached hydrogens (tertiary/aromatic N) is 6. The molecule has 2 fully saturated rings. The number of carbonyl (C=O) groups is 1. The van der Waals surface area contributed by atoms with Gasteiger partial charge in [0.1, 0.15) is 0 Å². The van der Waals surface area contributed by atoms with Gasteiger partial charge in [-0.15, -0.1) is 0 Å². The number of pyridine rings is 1. The maximum atomic E-state index is 12.4. The Balaban J connectivity index is 1.41. The minimum atomic E-state index is -1.61. The first-order valence-corrected chi connectivity index (χ1v) is 11.3. The van der Waals surface area contributed by atoms with Crippen LogP contribution in [0.3, 0.4) is 0 Å². The summed E-state index contributed by atoms with van der Waals surface area (Å²) in [6.45, 7) is 4.16. The molecule has 0 saturated carbocycles. The first-order valence-electron chi connectivity index (χ1n) is 10.4.